The molecular formula is C13H22N4O3S. The number of nitrogens with two attached hydrogens (primary N) is 1. The number of carbonyl (C=O) groups excluding carboxylic acids is 1. The summed E-state index contributed by atoms with van der Waals surface area (Å²) >= 11 is 0. The van der Waals surface area contributed by atoms with Crippen LogP contribution >= 0.6 is 0 Å². The average Bonchev–Trinajstić information content (AvgIpc) is 3.01. The van der Waals surface area contributed by atoms with E-state index in [-0.39, 0.29) is 21.9 Å². The summed E-state index contributed by atoms with van der Waals surface area (Å²) in [6, 6.07) is 0. The predicted octanol–water partition coefficient (Wildman–Crippen LogP) is 1.10. The second kappa shape index (κ2) is 5.42. The fourth-order valence-corrected chi connectivity index (χ4v) is 3.36. The molecule has 118 valence electrons. The van der Waals surface area contributed by atoms with Gasteiger partial charge in [0.15, 0.2) is 5.69 Å². The molecule has 0 radical (unpaired) electrons. The van der Waals surface area contributed by atoms with Crippen LogP contribution in [0.2, 0.25) is 0 Å². The van der Waals surface area contributed by atoms with E-state index in [1.807, 2.05) is 0 Å². The molecule has 1 fully saturated rings. The lowest BCUT2D eigenvalue weighted by Crippen LogP contribution is -2.31. The van der Waals surface area contributed by atoms with Gasteiger partial charge in [0, 0.05) is 6.54 Å². The van der Waals surface area contributed by atoms with Gasteiger partial charge in [0.1, 0.15) is 4.90 Å². The van der Waals surface area contributed by atoms with Crippen molar-refractivity contribution < 1.29 is 13.2 Å². The fourth-order valence-electron chi connectivity index (χ4n) is 2.36. The molecule has 0 spiro atoms. The number of nitrogens with zero attached hydrogens (tertiary/aromatic N) is 1. The first-order chi connectivity index (χ1) is 9.70. The molecule has 1 aromatic rings. The number of rotatable bonds is 6. The second-order valence-electron chi connectivity index (χ2n) is 6.05. The molecule has 1 aliphatic carbocycles. The highest BCUT2D eigenvalue weighted by Gasteiger charge is 2.41. The maximum atomic E-state index is 12.2. The zero-order valence-electron chi connectivity index (χ0n) is 12.6. The molecule has 0 atom stereocenters. The van der Waals surface area contributed by atoms with Crippen molar-refractivity contribution in [2.24, 2.45) is 10.6 Å². The summed E-state index contributed by atoms with van der Waals surface area (Å²) in [5.74, 6) is -0.625. The molecule has 8 heteroatoms. The van der Waals surface area contributed by atoms with Gasteiger partial charge in [-0.1, -0.05) is 20.8 Å². The van der Waals surface area contributed by atoms with Crippen LogP contribution in [0.5, 0.6) is 0 Å². The van der Waals surface area contributed by atoms with Gasteiger partial charge in [-0.3, -0.25) is 9.89 Å². The summed E-state index contributed by atoms with van der Waals surface area (Å²) in [4.78, 5) is 12.0. The van der Waals surface area contributed by atoms with Crippen molar-refractivity contribution in [1.82, 2.24) is 15.5 Å². The van der Waals surface area contributed by atoms with E-state index >= 15 is 0 Å². The fraction of sp³-hybridized carbons (Fsp3) is 0.692. The minimum absolute atomic E-state index is 0.127. The molecule has 4 N–H and O–H groups in total. The smallest absolute Gasteiger partial charge is 0.273 e. The van der Waals surface area contributed by atoms with E-state index in [2.05, 4.69) is 22.4 Å². The first kappa shape index (κ1) is 16.0. The maximum Gasteiger partial charge on any atom is 0.273 e. The quantitative estimate of drug-likeness (QED) is 0.728. The van der Waals surface area contributed by atoms with E-state index in [0.29, 0.717) is 12.2 Å². The monoisotopic (exact) mass is 314 g/mol. The van der Waals surface area contributed by atoms with Crippen LogP contribution in [-0.4, -0.2) is 31.1 Å². The second-order valence-corrected chi connectivity index (χ2v) is 7.55. The molecule has 2 rings (SSSR count). The molecule has 0 bridgehead atoms. The Labute approximate surface area is 124 Å². The van der Waals surface area contributed by atoms with Gasteiger partial charge >= 0.3 is 0 Å². The van der Waals surface area contributed by atoms with Gasteiger partial charge in [-0.25, -0.2) is 13.6 Å². The molecule has 1 aliphatic rings. The van der Waals surface area contributed by atoms with Crippen LogP contribution in [0.3, 0.4) is 0 Å². The van der Waals surface area contributed by atoms with Crippen LogP contribution in [-0.2, 0) is 10.0 Å². The third kappa shape index (κ3) is 3.26. The van der Waals surface area contributed by atoms with Crippen molar-refractivity contribution >= 4 is 15.9 Å². The van der Waals surface area contributed by atoms with Gasteiger partial charge in [0.2, 0.25) is 10.0 Å². The van der Waals surface area contributed by atoms with Crippen molar-refractivity contribution in [3.8, 4) is 0 Å². The summed E-state index contributed by atoms with van der Waals surface area (Å²) in [5, 5.41) is 14.5. The van der Waals surface area contributed by atoms with E-state index in [0.717, 1.165) is 19.3 Å². The molecule has 7 nitrogen and oxygen atoms in total. The number of nitrogens with one attached hydrogen (secondary N) is 2. The lowest BCUT2D eigenvalue weighted by atomic mass is 10.0. The van der Waals surface area contributed by atoms with Crippen molar-refractivity contribution in [2.45, 2.75) is 50.8 Å². The number of aromatic nitrogens is 2. The van der Waals surface area contributed by atoms with Gasteiger partial charge in [-0.05, 0) is 30.6 Å². The number of carbonyl (C=O) groups is 1. The first-order valence-electron chi connectivity index (χ1n) is 7.09. The molecule has 0 aromatic carbocycles. The van der Waals surface area contributed by atoms with Crippen LogP contribution in [0.15, 0.2) is 4.90 Å². The third-order valence-electron chi connectivity index (χ3n) is 4.16. The van der Waals surface area contributed by atoms with Crippen LogP contribution < -0.4 is 10.5 Å². The number of primary sulfonamides is 1. The molecular weight excluding hydrogens is 292 g/mol. The van der Waals surface area contributed by atoms with Gasteiger partial charge < -0.3 is 5.32 Å². The van der Waals surface area contributed by atoms with Crippen molar-refractivity contribution in [1.29, 1.82) is 0 Å². The van der Waals surface area contributed by atoms with Gasteiger partial charge in [-0.2, -0.15) is 5.10 Å². The number of aromatic amines is 1. The highest BCUT2D eigenvalue weighted by atomic mass is 32.2. The normalized spacial score (nSPS) is 17.0. The number of hydrogen-bond acceptors (Lipinski definition) is 4. The van der Waals surface area contributed by atoms with E-state index in [9.17, 15) is 13.2 Å². The van der Waals surface area contributed by atoms with Crippen molar-refractivity contribution in [2.75, 3.05) is 6.54 Å². The summed E-state index contributed by atoms with van der Waals surface area (Å²) in [6.07, 6.45) is 3.17. The van der Waals surface area contributed by atoms with E-state index < -0.39 is 15.9 Å². The van der Waals surface area contributed by atoms with Crippen LogP contribution in [0.4, 0.5) is 0 Å². The Morgan fingerprint density at radius 3 is 2.52 bits per heavy atom. The predicted molar refractivity (Wildman–Crippen MR) is 78.3 cm³/mol. The van der Waals surface area contributed by atoms with Crippen LogP contribution in [0.1, 0.15) is 62.1 Å². The zero-order chi connectivity index (χ0) is 15.8. The number of amides is 1. The molecule has 1 heterocycles. The largest absolute Gasteiger partial charge is 0.350 e. The zero-order valence-corrected chi connectivity index (χ0v) is 13.4. The van der Waals surface area contributed by atoms with Gasteiger partial charge in [0.25, 0.3) is 5.91 Å². The molecule has 0 unspecified atom stereocenters. The van der Waals surface area contributed by atoms with E-state index in [4.69, 9.17) is 5.14 Å². The average molecular weight is 314 g/mol. The number of hydrogen-bond donors (Lipinski definition) is 3. The number of H-pyrrole nitrogens is 1. The van der Waals surface area contributed by atoms with Gasteiger partial charge in [0.05, 0.1) is 5.69 Å². The van der Waals surface area contributed by atoms with Crippen molar-refractivity contribution in [3.05, 3.63) is 11.4 Å². The number of sulfonamides is 1. The molecule has 0 aliphatic heterocycles. The van der Waals surface area contributed by atoms with E-state index in [1.165, 1.54) is 0 Å². The third-order valence-corrected chi connectivity index (χ3v) is 5.14. The molecule has 21 heavy (non-hydrogen) atoms. The Balaban J connectivity index is 2.25. The molecule has 1 saturated carbocycles. The standard InChI is InChI=1S/C13H22N4O3S/c1-4-13(5-6-13)7-15-12(18)10-11(21(14,19)20)9(8(2)3)16-17-10/h8H,4-7H2,1-3H3,(H,15,18)(H,16,17)(H2,14,19,20). The minimum Gasteiger partial charge on any atom is -0.350 e. The Morgan fingerprint density at radius 2 is 2.10 bits per heavy atom. The molecule has 0 saturated heterocycles. The van der Waals surface area contributed by atoms with Gasteiger partial charge in [-0.15, -0.1) is 0 Å². The Morgan fingerprint density at radius 1 is 1.48 bits per heavy atom. The highest BCUT2D eigenvalue weighted by molar-refractivity contribution is 7.89. The van der Waals surface area contributed by atoms with Crippen LogP contribution in [0.25, 0.3) is 0 Å². The first-order valence-corrected chi connectivity index (χ1v) is 8.64. The summed E-state index contributed by atoms with van der Waals surface area (Å²) in [6.45, 7) is 6.23. The van der Waals surface area contributed by atoms with Crippen LogP contribution in [0, 0.1) is 5.41 Å². The maximum absolute atomic E-state index is 12.2. The summed E-state index contributed by atoms with van der Waals surface area (Å²) in [5.41, 5.74) is 0.390. The van der Waals surface area contributed by atoms with E-state index in [1.54, 1.807) is 13.8 Å². The minimum atomic E-state index is -4.01. The highest BCUT2D eigenvalue weighted by Crippen LogP contribution is 2.47. The van der Waals surface area contributed by atoms with Crippen molar-refractivity contribution in [3.63, 3.8) is 0 Å². The Kier molecular flexibility index (Phi) is 4.12. The lowest BCUT2D eigenvalue weighted by molar-refractivity contribution is 0.0936. The topological polar surface area (TPSA) is 118 Å². The Bertz CT molecular complexity index is 644. The SMILES string of the molecule is CCC1(CNC(=O)c2n[nH]c(C(C)C)c2S(N)(=O)=O)CC1. The summed E-state index contributed by atoms with van der Waals surface area (Å²) in [7, 11) is -4.01. The summed E-state index contributed by atoms with van der Waals surface area (Å²) < 4.78 is 23.5. The lowest BCUT2D eigenvalue weighted by Gasteiger charge is -2.13. The Hall–Kier alpha value is -1.41. The molecule has 1 amide bonds. The molecule has 1 aromatic heterocycles.